The Balaban J connectivity index is 1.07. The highest BCUT2D eigenvalue weighted by molar-refractivity contribution is 6.16. The Morgan fingerprint density at radius 1 is 0.459 bits per heavy atom. The summed E-state index contributed by atoms with van der Waals surface area (Å²) >= 11 is 0. The lowest BCUT2D eigenvalue weighted by Crippen LogP contribution is -2.55. The molecule has 0 N–H and O–H groups in total. The maximum Gasteiger partial charge on any atom is 0.164 e. The molecule has 7 aromatic carbocycles. The van der Waals surface area contributed by atoms with E-state index in [9.17, 15) is 0 Å². The molecule has 2 aromatic heterocycles. The summed E-state index contributed by atoms with van der Waals surface area (Å²) in [5.41, 5.74) is 17.6. The van der Waals surface area contributed by atoms with E-state index in [0.717, 1.165) is 45.1 Å². The predicted octanol–water partition coefficient (Wildman–Crippen LogP) is 14.0. The lowest BCUT2D eigenvalue weighted by Gasteiger charge is -2.61. The zero-order valence-corrected chi connectivity index (χ0v) is 34.6. The van der Waals surface area contributed by atoms with Crippen molar-refractivity contribution >= 4 is 21.8 Å². The molecule has 0 radical (unpaired) electrons. The molecule has 4 heteroatoms. The van der Waals surface area contributed by atoms with Crippen LogP contribution >= 0.6 is 0 Å². The molecule has 294 valence electrons. The lowest BCUT2D eigenvalue weighted by atomic mass is 9.42. The zero-order valence-electron chi connectivity index (χ0n) is 34.6. The standard InChI is InChI=1S/C57H46N4/c1-34-18-22-38(23-19-34)54-58-55(39-24-20-35(2)21-25-39)60-56(59-54)47-15-9-17-51-52(47)48-33-40(26-27-50(48)61(51)43-10-4-3-5-11-43)44-13-8-14-46-45-12-6-7-16-49(45)57(53(44)46)41-29-36-28-37(31-41)32-42(57)30-36/h3-27,33,36-37,41-42H,28-32H2,1-2H3. The van der Waals surface area contributed by atoms with Gasteiger partial charge in [-0.05, 0) is 133 Å². The summed E-state index contributed by atoms with van der Waals surface area (Å²) in [6, 6.07) is 58.3. The number of fused-ring (bicyclic) bond motifs is 6. The van der Waals surface area contributed by atoms with Crippen molar-refractivity contribution in [1.82, 2.24) is 19.5 Å². The van der Waals surface area contributed by atoms with Crippen molar-refractivity contribution in [2.24, 2.45) is 23.7 Å². The Morgan fingerprint density at radius 2 is 1.02 bits per heavy atom. The van der Waals surface area contributed by atoms with Gasteiger partial charge in [0, 0.05) is 38.6 Å². The Kier molecular flexibility index (Phi) is 7.59. The molecule has 0 unspecified atom stereocenters. The van der Waals surface area contributed by atoms with E-state index in [-0.39, 0.29) is 5.41 Å². The highest BCUT2D eigenvalue weighted by Crippen LogP contribution is 2.70. The Labute approximate surface area is 357 Å². The largest absolute Gasteiger partial charge is 0.309 e. The minimum Gasteiger partial charge on any atom is -0.309 e. The van der Waals surface area contributed by atoms with Crippen LogP contribution in [0, 0.1) is 37.5 Å². The fraction of sp³-hybridized carbons (Fsp3) is 0.211. The first-order chi connectivity index (χ1) is 30.0. The van der Waals surface area contributed by atoms with Gasteiger partial charge >= 0.3 is 0 Å². The monoisotopic (exact) mass is 786 g/mol. The van der Waals surface area contributed by atoms with Crippen LogP contribution in [0.2, 0.25) is 0 Å². The van der Waals surface area contributed by atoms with Crippen molar-refractivity contribution in [2.75, 3.05) is 0 Å². The van der Waals surface area contributed by atoms with Gasteiger partial charge in [-0.15, -0.1) is 0 Å². The van der Waals surface area contributed by atoms with Crippen LogP contribution in [0.15, 0.2) is 158 Å². The molecule has 0 atom stereocenters. The summed E-state index contributed by atoms with van der Waals surface area (Å²) in [7, 11) is 0. The number of aromatic nitrogens is 4. The van der Waals surface area contributed by atoms with Crippen molar-refractivity contribution in [3.05, 3.63) is 180 Å². The molecule has 5 aliphatic carbocycles. The van der Waals surface area contributed by atoms with Crippen molar-refractivity contribution in [2.45, 2.75) is 51.4 Å². The highest BCUT2D eigenvalue weighted by atomic mass is 15.0. The van der Waals surface area contributed by atoms with E-state index < -0.39 is 0 Å². The van der Waals surface area contributed by atoms with Crippen molar-refractivity contribution in [3.8, 4) is 62.1 Å². The third-order valence-corrected chi connectivity index (χ3v) is 15.2. The summed E-state index contributed by atoms with van der Waals surface area (Å²) in [6.45, 7) is 4.23. The van der Waals surface area contributed by atoms with Gasteiger partial charge in [0.1, 0.15) is 0 Å². The van der Waals surface area contributed by atoms with E-state index in [1.165, 1.54) is 76.4 Å². The first-order valence-electron chi connectivity index (χ1n) is 22.3. The van der Waals surface area contributed by atoms with Crippen molar-refractivity contribution in [1.29, 1.82) is 0 Å². The van der Waals surface area contributed by atoms with Gasteiger partial charge in [-0.2, -0.15) is 0 Å². The second-order valence-electron chi connectivity index (χ2n) is 18.6. The van der Waals surface area contributed by atoms with E-state index in [2.05, 4.69) is 176 Å². The minimum absolute atomic E-state index is 0.0672. The number of nitrogens with zero attached hydrogens (tertiary/aromatic N) is 4. The molecule has 14 rings (SSSR count). The van der Waals surface area contributed by atoms with Crippen molar-refractivity contribution in [3.63, 3.8) is 0 Å². The highest BCUT2D eigenvalue weighted by Gasteiger charge is 2.62. The maximum atomic E-state index is 5.30. The van der Waals surface area contributed by atoms with Crippen LogP contribution < -0.4 is 0 Å². The van der Waals surface area contributed by atoms with E-state index in [0.29, 0.717) is 29.3 Å². The second kappa shape index (κ2) is 13.2. The zero-order chi connectivity index (χ0) is 40.4. The average molecular weight is 787 g/mol. The van der Waals surface area contributed by atoms with E-state index >= 15 is 0 Å². The fourth-order valence-electron chi connectivity index (χ4n) is 12.9. The van der Waals surface area contributed by atoms with Gasteiger partial charge in [-0.3, -0.25) is 0 Å². The summed E-state index contributed by atoms with van der Waals surface area (Å²) in [5.74, 6) is 5.19. The molecule has 4 nitrogen and oxygen atoms in total. The third kappa shape index (κ3) is 5.15. The molecule has 4 fully saturated rings. The van der Waals surface area contributed by atoms with E-state index in [1.807, 2.05) is 0 Å². The van der Waals surface area contributed by atoms with Crippen LogP contribution in [0.5, 0.6) is 0 Å². The van der Waals surface area contributed by atoms with Crippen molar-refractivity contribution < 1.29 is 0 Å². The molecule has 0 aliphatic heterocycles. The molecule has 1 spiro atoms. The number of hydrogen-bond donors (Lipinski definition) is 0. The molecule has 0 amide bonds. The Morgan fingerprint density at radius 3 is 1.70 bits per heavy atom. The molecule has 4 saturated carbocycles. The van der Waals surface area contributed by atoms with Gasteiger partial charge in [0.25, 0.3) is 0 Å². The quantitative estimate of drug-likeness (QED) is 0.174. The first kappa shape index (κ1) is 35.1. The number of benzene rings is 7. The second-order valence-corrected chi connectivity index (χ2v) is 18.6. The van der Waals surface area contributed by atoms with Gasteiger partial charge in [0.2, 0.25) is 0 Å². The van der Waals surface area contributed by atoms with Gasteiger partial charge < -0.3 is 4.57 Å². The molecule has 0 saturated heterocycles. The number of aryl methyl sites for hydroxylation is 2. The summed E-state index contributed by atoms with van der Waals surface area (Å²) in [4.78, 5) is 15.7. The predicted molar refractivity (Wildman–Crippen MR) is 249 cm³/mol. The molecule has 61 heavy (non-hydrogen) atoms. The smallest absolute Gasteiger partial charge is 0.164 e. The summed E-state index contributed by atoms with van der Waals surface area (Å²) in [5, 5.41) is 2.35. The Hall–Kier alpha value is -6.65. The van der Waals surface area contributed by atoms with E-state index in [4.69, 9.17) is 15.0 Å². The molecule has 4 bridgehead atoms. The number of rotatable bonds is 5. The van der Waals surface area contributed by atoms with Crippen LogP contribution in [0.25, 0.3) is 83.9 Å². The summed E-state index contributed by atoms with van der Waals surface area (Å²) < 4.78 is 2.42. The van der Waals surface area contributed by atoms with Crippen LogP contribution in [0.3, 0.4) is 0 Å². The van der Waals surface area contributed by atoms with Gasteiger partial charge in [0.15, 0.2) is 17.5 Å². The SMILES string of the molecule is Cc1ccc(-c2nc(-c3ccc(C)cc3)nc(-c3cccc4c3c3cc(-c5cccc6c5C5(c7ccccc7-6)C6CC7CC(C6)CC5C7)ccc3n4-c3ccccc3)n2)cc1. The molecule has 2 heterocycles. The van der Waals surface area contributed by atoms with E-state index in [1.54, 1.807) is 11.1 Å². The average Bonchev–Trinajstić information content (AvgIpc) is 3.79. The van der Waals surface area contributed by atoms with Crippen LogP contribution in [-0.4, -0.2) is 19.5 Å². The van der Waals surface area contributed by atoms with Gasteiger partial charge in [-0.1, -0.05) is 139 Å². The topological polar surface area (TPSA) is 43.6 Å². The summed E-state index contributed by atoms with van der Waals surface area (Å²) in [6.07, 6.45) is 6.91. The molecular formula is C57H46N4. The van der Waals surface area contributed by atoms with Crippen LogP contribution in [0.1, 0.15) is 54.4 Å². The normalized spacial score (nSPS) is 22.0. The number of para-hydroxylation sites is 1. The molecular weight excluding hydrogens is 741 g/mol. The van der Waals surface area contributed by atoms with Crippen LogP contribution in [-0.2, 0) is 5.41 Å². The molecule has 5 aliphatic rings. The van der Waals surface area contributed by atoms with Gasteiger partial charge in [-0.25, -0.2) is 15.0 Å². The first-order valence-corrected chi connectivity index (χ1v) is 22.3. The number of hydrogen-bond acceptors (Lipinski definition) is 3. The maximum absolute atomic E-state index is 5.30. The Bertz CT molecular complexity index is 3120. The fourth-order valence-corrected chi connectivity index (χ4v) is 12.9. The van der Waals surface area contributed by atoms with Gasteiger partial charge in [0.05, 0.1) is 11.0 Å². The minimum atomic E-state index is 0.0672. The lowest BCUT2D eigenvalue weighted by molar-refractivity contribution is -0.0397. The third-order valence-electron chi connectivity index (χ3n) is 15.2. The van der Waals surface area contributed by atoms with Crippen LogP contribution in [0.4, 0.5) is 0 Å². The molecule has 9 aromatic rings.